The summed E-state index contributed by atoms with van der Waals surface area (Å²) in [6.07, 6.45) is 3.85. The molecule has 1 saturated carbocycles. The van der Waals surface area contributed by atoms with Crippen LogP contribution >= 0.6 is 0 Å². The molecule has 1 aliphatic carbocycles. The smallest absolute Gasteiger partial charge is 0.306 e. The minimum absolute atomic E-state index is 0.122. The molecule has 1 unspecified atom stereocenters. The monoisotopic (exact) mass is 420 g/mol. The normalized spacial score (nSPS) is 19.1. The molecule has 0 spiro atoms. The van der Waals surface area contributed by atoms with Gasteiger partial charge in [-0.15, -0.1) is 0 Å². The zero-order valence-electron chi connectivity index (χ0n) is 17.8. The summed E-state index contributed by atoms with van der Waals surface area (Å²) >= 11 is 0. The maximum atomic E-state index is 14.0. The highest BCUT2D eigenvalue weighted by molar-refractivity contribution is 5.93. The van der Waals surface area contributed by atoms with Crippen LogP contribution in [0.4, 0.5) is 4.39 Å². The third kappa shape index (κ3) is 3.10. The highest BCUT2D eigenvalue weighted by atomic mass is 19.1. The number of nitrogens with one attached hydrogen (secondary N) is 1. The van der Waals surface area contributed by atoms with Crippen molar-refractivity contribution in [2.45, 2.75) is 51.9 Å². The van der Waals surface area contributed by atoms with Gasteiger partial charge in [0.2, 0.25) is 0 Å². The van der Waals surface area contributed by atoms with Gasteiger partial charge >= 0.3 is 5.97 Å². The number of rotatable bonds is 4. The molecular weight excluding hydrogens is 395 g/mol. The summed E-state index contributed by atoms with van der Waals surface area (Å²) in [7, 11) is 0. The number of benzene rings is 1. The molecule has 2 N–H and O–H groups in total. The van der Waals surface area contributed by atoms with Crippen LogP contribution in [0, 0.1) is 18.7 Å². The Morgan fingerprint density at radius 2 is 2.10 bits per heavy atom. The molecular formula is C24H25FN4O2. The van der Waals surface area contributed by atoms with Crippen LogP contribution in [-0.2, 0) is 4.79 Å². The van der Waals surface area contributed by atoms with E-state index >= 15 is 0 Å². The predicted octanol–water partition coefficient (Wildman–Crippen LogP) is 5.44. The Bertz CT molecular complexity index is 1320. The summed E-state index contributed by atoms with van der Waals surface area (Å²) < 4.78 is 16.2. The van der Waals surface area contributed by atoms with Crippen LogP contribution in [0.3, 0.4) is 0 Å². The van der Waals surface area contributed by atoms with Crippen molar-refractivity contribution in [2.75, 3.05) is 0 Å². The molecule has 0 aliphatic heterocycles. The maximum absolute atomic E-state index is 14.0. The van der Waals surface area contributed by atoms with Crippen molar-refractivity contribution in [2.24, 2.45) is 5.92 Å². The molecule has 0 saturated heterocycles. The van der Waals surface area contributed by atoms with Crippen molar-refractivity contribution in [3.05, 3.63) is 53.1 Å². The molecule has 1 aliphatic rings. The van der Waals surface area contributed by atoms with Crippen molar-refractivity contribution in [1.29, 1.82) is 0 Å². The van der Waals surface area contributed by atoms with Gasteiger partial charge in [0.05, 0.1) is 23.1 Å². The molecule has 2 atom stereocenters. The Kier molecular flexibility index (Phi) is 4.57. The number of hydrogen-bond donors (Lipinski definition) is 2. The first-order valence-corrected chi connectivity index (χ1v) is 10.7. The van der Waals surface area contributed by atoms with Crippen LogP contribution in [0.15, 0.2) is 30.5 Å². The summed E-state index contributed by atoms with van der Waals surface area (Å²) in [5, 5.41) is 17.5. The van der Waals surface area contributed by atoms with E-state index in [0.717, 1.165) is 39.8 Å². The number of H-pyrrole nitrogens is 1. The lowest BCUT2D eigenvalue weighted by Crippen LogP contribution is -2.10. The van der Waals surface area contributed by atoms with Crippen molar-refractivity contribution >= 4 is 28.0 Å². The number of aryl methyl sites for hydroxylation is 1. The Balaban J connectivity index is 1.83. The first kappa shape index (κ1) is 19.7. The quantitative estimate of drug-likeness (QED) is 0.460. The van der Waals surface area contributed by atoms with Crippen molar-refractivity contribution < 1.29 is 14.3 Å². The molecule has 0 amide bonds. The molecule has 3 heterocycles. The Labute approximate surface area is 179 Å². The summed E-state index contributed by atoms with van der Waals surface area (Å²) in [6.45, 7) is 6.05. The fourth-order valence-corrected chi connectivity index (χ4v) is 5.09. The first-order chi connectivity index (χ1) is 14.8. The lowest BCUT2D eigenvalue weighted by molar-refractivity contribution is -0.141. The number of aliphatic carboxylic acids is 1. The number of hydrogen-bond acceptors (Lipinski definition) is 3. The van der Waals surface area contributed by atoms with Gasteiger partial charge in [0.1, 0.15) is 5.82 Å². The summed E-state index contributed by atoms with van der Waals surface area (Å²) in [5.41, 5.74) is 6.23. The second kappa shape index (κ2) is 7.18. The molecule has 0 radical (unpaired) electrons. The zero-order chi connectivity index (χ0) is 21.9. The largest absolute Gasteiger partial charge is 0.481 e. The number of carbonyl (C=O) groups is 1. The predicted molar refractivity (Wildman–Crippen MR) is 117 cm³/mol. The van der Waals surface area contributed by atoms with E-state index in [1.807, 2.05) is 6.07 Å². The third-order valence-corrected chi connectivity index (χ3v) is 6.56. The summed E-state index contributed by atoms with van der Waals surface area (Å²) in [6, 6.07) is 7.23. The van der Waals surface area contributed by atoms with Crippen LogP contribution in [-0.4, -0.2) is 30.8 Å². The van der Waals surface area contributed by atoms with Gasteiger partial charge in [-0.25, -0.2) is 9.37 Å². The zero-order valence-corrected chi connectivity index (χ0v) is 17.8. The van der Waals surface area contributed by atoms with E-state index in [1.54, 1.807) is 19.2 Å². The van der Waals surface area contributed by atoms with Gasteiger partial charge in [-0.2, -0.15) is 5.10 Å². The summed E-state index contributed by atoms with van der Waals surface area (Å²) in [5.74, 6) is -0.990. The fraction of sp³-hybridized carbons (Fsp3) is 0.375. The average Bonchev–Trinajstić information content (AvgIpc) is 3.44. The Morgan fingerprint density at radius 1 is 1.29 bits per heavy atom. The topological polar surface area (TPSA) is 83.8 Å². The van der Waals surface area contributed by atoms with Gasteiger partial charge in [0, 0.05) is 22.3 Å². The lowest BCUT2D eigenvalue weighted by Gasteiger charge is -2.18. The highest BCUT2D eigenvalue weighted by Crippen LogP contribution is 2.46. The summed E-state index contributed by atoms with van der Waals surface area (Å²) in [4.78, 5) is 16.5. The van der Waals surface area contributed by atoms with Crippen LogP contribution < -0.4 is 0 Å². The van der Waals surface area contributed by atoms with Gasteiger partial charge < -0.3 is 9.67 Å². The van der Waals surface area contributed by atoms with E-state index in [4.69, 9.17) is 4.98 Å². The number of halogens is 1. The number of pyridine rings is 1. The minimum atomic E-state index is -0.726. The first-order valence-electron chi connectivity index (χ1n) is 10.7. The lowest BCUT2D eigenvalue weighted by atomic mass is 9.91. The molecule has 5 rings (SSSR count). The highest BCUT2D eigenvalue weighted by Gasteiger charge is 2.35. The van der Waals surface area contributed by atoms with Gasteiger partial charge in [-0.3, -0.25) is 9.89 Å². The van der Waals surface area contributed by atoms with Gasteiger partial charge in [0.25, 0.3) is 0 Å². The molecule has 1 fully saturated rings. The Hall–Kier alpha value is -3.22. The molecule has 0 bridgehead atoms. The van der Waals surface area contributed by atoms with Gasteiger partial charge in [0.15, 0.2) is 5.65 Å². The average molecular weight is 420 g/mol. The van der Waals surface area contributed by atoms with Crippen LogP contribution in [0.25, 0.3) is 27.8 Å². The standard InChI is InChI=1S/C24H25FN4O2/c1-12(2)22-20(14-4-5-15(9-14)24(30)31)21-19(10-16-11-26-28-23(16)27-21)29(22)17-6-7-18(25)13(3)8-17/h6-8,10-12,14-15H,4-5,9H2,1-3H3,(H,30,31)(H,26,27,28)/t14-,15?/m1/s1. The van der Waals surface area contributed by atoms with E-state index in [2.05, 4.69) is 34.7 Å². The van der Waals surface area contributed by atoms with Crippen molar-refractivity contribution in [1.82, 2.24) is 19.7 Å². The van der Waals surface area contributed by atoms with Crippen molar-refractivity contribution in [3.63, 3.8) is 0 Å². The van der Waals surface area contributed by atoms with E-state index in [1.165, 1.54) is 6.07 Å². The van der Waals surface area contributed by atoms with Crippen LogP contribution in [0.5, 0.6) is 0 Å². The van der Waals surface area contributed by atoms with E-state index in [9.17, 15) is 14.3 Å². The number of nitrogens with zero attached hydrogens (tertiary/aromatic N) is 3. The molecule has 7 heteroatoms. The van der Waals surface area contributed by atoms with Crippen molar-refractivity contribution in [3.8, 4) is 5.69 Å². The number of aromatic nitrogens is 4. The SMILES string of the molecule is Cc1cc(-n2c(C(C)C)c([C@@H]3CCC(C(=O)O)C3)c3nc4[nH]ncc4cc32)ccc1F. The molecule has 6 nitrogen and oxygen atoms in total. The third-order valence-electron chi connectivity index (χ3n) is 6.56. The fourth-order valence-electron chi connectivity index (χ4n) is 5.09. The minimum Gasteiger partial charge on any atom is -0.481 e. The second-order valence-electron chi connectivity index (χ2n) is 8.93. The number of carboxylic acid groups (broad SMARTS) is 1. The maximum Gasteiger partial charge on any atom is 0.306 e. The van der Waals surface area contributed by atoms with Gasteiger partial charge in [-0.05, 0) is 67.9 Å². The second-order valence-corrected chi connectivity index (χ2v) is 8.93. The molecule has 160 valence electrons. The number of aromatic amines is 1. The van der Waals surface area contributed by atoms with E-state index < -0.39 is 5.97 Å². The van der Waals surface area contributed by atoms with Crippen LogP contribution in [0.1, 0.15) is 61.8 Å². The molecule has 4 aromatic rings. The molecule has 31 heavy (non-hydrogen) atoms. The number of fused-ring (bicyclic) bond motifs is 2. The van der Waals surface area contributed by atoms with Gasteiger partial charge in [-0.1, -0.05) is 13.8 Å². The van der Waals surface area contributed by atoms with Crippen LogP contribution in [0.2, 0.25) is 0 Å². The Morgan fingerprint density at radius 3 is 2.77 bits per heavy atom. The molecule has 3 aromatic heterocycles. The number of carboxylic acids is 1. The molecule has 1 aromatic carbocycles. The van der Waals surface area contributed by atoms with E-state index in [0.29, 0.717) is 24.1 Å². The van der Waals surface area contributed by atoms with E-state index in [-0.39, 0.29) is 23.6 Å².